The number of fused-ring (bicyclic) bond motifs is 1. The molecule has 0 atom stereocenters. The number of hydrogen-bond donors (Lipinski definition) is 1. The summed E-state index contributed by atoms with van der Waals surface area (Å²) in [5.74, 6) is -1.41. The van der Waals surface area contributed by atoms with Gasteiger partial charge in [-0.2, -0.15) is 5.10 Å². The molecule has 0 amide bonds. The summed E-state index contributed by atoms with van der Waals surface area (Å²) in [6, 6.07) is 11.2. The van der Waals surface area contributed by atoms with Gasteiger partial charge in [0.2, 0.25) is 0 Å². The number of para-hydroxylation sites is 1. The smallest absolute Gasteiger partial charge is 0.337 e. The van der Waals surface area contributed by atoms with Crippen molar-refractivity contribution >= 4 is 16.9 Å². The summed E-state index contributed by atoms with van der Waals surface area (Å²) >= 11 is 0. The van der Waals surface area contributed by atoms with Gasteiger partial charge < -0.3 is 5.11 Å². The quantitative estimate of drug-likeness (QED) is 0.778. The molecule has 1 aromatic heterocycles. The van der Waals surface area contributed by atoms with Crippen molar-refractivity contribution in [2.75, 3.05) is 0 Å². The summed E-state index contributed by atoms with van der Waals surface area (Å²) in [4.78, 5) is 11.3. The standard InChI is InChI=1S/C15H11FN2O2/c1-18-14-10(6-4-7-11(14)15(19)20)13(17-18)9-5-2-3-8-12(9)16/h2-8H,1H3,(H,19,20). The Hall–Kier alpha value is -2.69. The number of benzene rings is 2. The third-order valence-corrected chi connectivity index (χ3v) is 3.22. The Morgan fingerprint density at radius 2 is 1.95 bits per heavy atom. The molecule has 0 fully saturated rings. The summed E-state index contributed by atoms with van der Waals surface area (Å²) in [5.41, 5.74) is 1.45. The van der Waals surface area contributed by atoms with Gasteiger partial charge in [-0.1, -0.05) is 24.3 Å². The molecule has 4 nitrogen and oxygen atoms in total. The lowest BCUT2D eigenvalue weighted by molar-refractivity contribution is 0.0698. The second-order valence-electron chi connectivity index (χ2n) is 4.46. The van der Waals surface area contributed by atoms with Gasteiger partial charge in [-0.15, -0.1) is 0 Å². The molecule has 20 heavy (non-hydrogen) atoms. The summed E-state index contributed by atoms with van der Waals surface area (Å²) in [6.45, 7) is 0. The van der Waals surface area contributed by atoms with Crippen molar-refractivity contribution in [2.45, 2.75) is 0 Å². The van der Waals surface area contributed by atoms with E-state index in [0.29, 0.717) is 22.2 Å². The van der Waals surface area contributed by atoms with Gasteiger partial charge in [-0.3, -0.25) is 4.68 Å². The Balaban J connectivity index is 2.38. The van der Waals surface area contributed by atoms with Crippen molar-refractivity contribution in [3.05, 3.63) is 53.8 Å². The number of carbonyl (C=O) groups is 1. The number of rotatable bonds is 2. The lowest BCUT2D eigenvalue weighted by Crippen LogP contribution is -2.00. The highest BCUT2D eigenvalue weighted by atomic mass is 19.1. The molecule has 2 aromatic carbocycles. The summed E-state index contributed by atoms with van der Waals surface area (Å²) in [6.07, 6.45) is 0. The van der Waals surface area contributed by atoms with Gasteiger partial charge in [0.25, 0.3) is 0 Å². The lowest BCUT2D eigenvalue weighted by Gasteiger charge is -2.00. The molecule has 0 aliphatic carbocycles. The van der Waals surface area contributed by atoms with Crippen LogP contribution >= 0.6 is 0 Å². The number of aromatic carboxylic acids is 1. The number of carboxylic acid groups (broad SMARTS) is 1. The molecule has 100 valence electrons. The number of carboxylic acids is 1. The Kier molecular flexibility index (Phi) is 2.75. The zero-order valence-corrected chi connectivity index (χ0v) is 10.7. The molecule has 0 bridgehead atoms. The maximum absolute atomic E-state index is 13.9. The van der Waals surface area contributed by atoms with Gasteiger partial charge in [0.1, 0.15) is 11.5 Å². The predicted molar refractivity (Wildman–Crippen MR) is 73.1 cm³/mol. The molecule has 0 saturated carbocycles. The van der Waals surface area contributed by atoms with Crippen LogP contribution in [0.5, 0.6) is 0 Å². The Labute approximate surface area is 114 Å². The largest absolute Gasteiger partial charge is 0.478 e. The molecule has 1 heterocycles. The second-order valence-corrected chi connectivity index (χ2v) is 4.46. The highest BCUT2D eigenvalue weighted by molar-refractivity contribution is 6.06. The SMILES string of the molecule is Cn1nc(-c2ccccc2F)c2cccc(C(=O)O)c21. The number of halogens is 1. The monoisotopic (exact) mass is 270 g/mol. The minimum absolute atomic E-state index is 0.153. The number of hydrogen-bond acceptors (Lipinski definition) is 2. The van der Waals surface area contributed by atoms with E-state index in [2.05, 4.69) is 5.10 Å². The average Bonchev–Trinajstić information content (AvgIpc) is 2.77. The van der Waals surface area contributed by atoms with Crippen molar-refractivity contribution in [3.8, 4) is 11.3 Å². The third-order valence-electron chi connectivity index (χ3n) is 3.22. The van der Waals surface area contributed by atoms with Crippen LogP contribution in [0.3, 0.4) is 0 Å². The molecule has 1 N–H and O–H groups in total. The number of aromatic nitrogens is 2. The van der Waals surface area contributed by atoms with E-state index in [4.69, 9.17) is 0 Å². The van der Waals surface area contributed by atoms with Crippen LogP contribution in [0.25, 0.3) is 22.2 Å². The van der Waals surface area contributed by atoms with Crippen LogP contribution in [0.15, 0.2) is 42.5 Å². The Bertz CT molecular complexity index is 824. The van der Waals surface area contributed by atoms with Gasteiger partial charge in [-0.05, 0) is 18.2 Å². The molecule has 5 heteroatoms. The van der Waals surface area contributed by atoms with E-state index < -0.39 is 5.97 Å². The second kappa shape index (κ2) is 4.45. The maximum atomic E-state index is 13.9. The molecule has 3 aromatic rings. The zero-order chi connectivity index (χ0) is 14.3. The van der Waals surface area contributed by atoms with Crippen LogP contribution in [0.2, 0.25) is 0 Å². The van der Waals surface area contributed by atoms with E-state index >= 15 is 0 Å². The maximum Gasteiger partial charge on any atom is 0.337 e. The first-order valence-corrected chi connectivity index (χ1v) is 6.03. The summed E-state index contributed by atoms with van der Waals surface area (Å²) in [5, 5.41) is 14.1. The fourth-order valence-electron chi connectivity index (χ4n) is 2.36. The van der Waals surface area contributed by atoms with Crippen molar-refractivity contribution in [1.29, 1.82) is 0 Å². The molecular weight excluding hydrogens is 259 g/mol. The summed E-state index contributed by atoms with van der Waals surface area (Å²) < 4.78 is 15.4. The minimum atomic E-state index is -1.03. The molecule has 3 rings (SSSR count). The van der Waals surface area contributed by atoms with Crippen LogP contribution in [0.1, 0.15) is 10.4 Å². The average molecular weight is 270 g/mol. The van der Waals surface area contributed by atoms with Crippen LogP contribution in [-0.2, 0) is 7.05 Å². The molecule has 0 radical (unpaired) electrons. The zero-order valence-electron chi connectivity index (χ0n) is 10.7. The number of nitrogens with zero attached hydrogens (tertiary/aromatic N) is 2. The van der Waals surface area contributed by atoms with Crippen LogP contribution in [-0.4, -0.2) is 20.9 Å². The molecule has 0 spiro atoms. The first-order valence-electron chi connectivity index (χ1n) is 6.03. The van der Waals surface area contributed by atoms with E-state index in [1.54, 1.807) is 37.4 Å². The van der Waals surface area contributed by atoms with Gasteiger partial charge in [0, 0.05) is 18.0 Å². The fraction of sp³-hybridized carbons (Fsp3) is 0.0667. The summed E-state index contributed by atoms with van der Waals surface area (Å²) in [7, 11) is 1.65. The van der Waals surface area contributed by atoms with Crippen molar-refractivity contribution in [3.63, 3.8) is 0 Å². The van der Waals surface area contributed by atoms with Crippen LogP contribution in [0, 0.1) is 5.82 Å². The topological polar surface area (TPSA) is 55.1 Å². The Morgan fingerprint density at radius 3 is 2.65 bits per heavy atom. The van der Waals surface area contributed by atoms with Gasteiger partial charge >= 0.3 is 5.97 Å². The number of aryl methyl sites for hydroxylation is 1. The third kappa shape index (κ3) is 1.75. The van der Waals surface area contributed by atoms with Crippen molar-refractivity contribution in [2.24, 2.45) is 7.05 Å². The molecule has 0 saturated heterocycles. The highest BCUT2D eigenvalue weighted by Crippen LogP contribution is 2.30. The minimum Gasteiger partial charge on any atom is -0.478 e. The van der Waals surface area contributed by atoms with E-state index in [0.717, 1.165) is 0 Å². The Morgan fingerprint density at radius 1 is 1.20 bits per heavy atom. The molecule has 0 unspecified atom stereocenters. The van der Waals surface area contributed by atoms with Gasteiger partial charge in [-0.25, -0.2) is 9.18 Å². The molecule has 0 aliphatic rings. The van der Waals surface area contributed by atoms with Crippen molar-refractivity contribution < 1.29 is 14.3 Å². The van der Waals surface area contributed by atoms with Gasteiger partial charge in [0.05, 0.1) is 11.1 Å². The van der Waals surface area contributed by atoms with E-state index in [1.807, 2.05) is 0 Å². The highest BCUT2D eigenvalue weighted by Gasteiger charge is 2.18. The lowest BCUT2D eigenvalue weighted by atomic mass is 10.0. The van der Waals surface area contributed by atoms with Crippen LogP contribution in [0.4, 0.5) is 4.39 Å². The van der Waals surface area contributed by atoms with E-state index in [1.165, 1.54) is 16.8 Å². The normalized spacial score (nSPS) is 10.9. The predicted octanol–water partition coefficient (Wildman–Crippen LogP) is 3.08. The van der Waals surface area contributed by atoms with Crippen molar-refractivity contribution in [1.82, 2.24) is 9.78 Å². The van der Waals surface area contributed by atoms with Gasteiger partial charge in [0.15, 0.2) is 0 Å². The van der Waals surface area contributed by atoms with E-state index in [9.17, 15) is 14.3 Å². The van der Waals surface area contributed by atoms with Crippen LogP contribution < -0.4 is 0 Å². The fourth-order valence-corrected chi connectivity index (χ4v) is 2.36. The molecular formula is C15H11FN2O2. The first kappa shape index (κ1) is 12.3. The first-order chi connectivity index (χ1) is 9.59. The van der Waals surface area contributed by atoms with E-state index in [-0.39, 0.29) is 11.4 Å². The molecule has 0 aliphatic heterocycles.